The fourth-order valence-corrected chi connectivity index (χ4v) is 3.29. The predicted molar refractivity (Wildman–Crippen MR) is 77.5 cm³/mol. The normalized spacial score (nSPS) is 15.8. The highest BCUT2D eigenvalue weighted by atomic mass is 79.9. The van der Waals surface area contributed by atoms with Gasteiger partial charge in [0.1, 0.15) is 0 Å². The molecule has 1 aromatic heterocycles. The molecule has 2 nitrogen and oxygen atoms in total. The first-order valence-electron chi connectivity index (χ1n) is 6.28. The standard InChI is InChI=1S/C16H13BrN2/c17-15-5-12(9-19-10-15)6-16(11-18)7-13-3-1-2-4-14(13)8-16/h1-5,9-10H,6-8H2. The second kappa shape index (κ2) is 4.79. The second-order valence-electron chi connectivity index (χ2n) is 5.20. The van der Waals surface area contributed by atoms with Crippen LogP contribution in [0.5, 0.6) is 0 Å². The van der Waals surface area contributed by atoms with Crippen molar-refractivity contribution in [3.63, 3.8) is 0 Å². The van der Waals surface area contributed by atoms with E-state index in [2.05, 4.69) is 45.2 Å². The fourth-order valence-electron chi connectivity index (χ4n) is 2.88. The highest BCUT2D eigenvalue weighted by Gasteiger charge is 2.37. The topological polar surface area (TPSA) is 36.7 Å². The summed E-state index contributed by atoms with van der Waals surface area (Å²) in [4.78, 5) is 4.18. The predicted octanol–water partition coefficient (Wildman–Crippen LogP) is 3.70. The maximum atomic E-state index is 9.64. The zero-order valence-corrected chi connectivity index (χ0v) is 12.0. The van der Waals surface area contributed by atoms with E-state index < -0.39 is 0 Å². The molecule has 0 unspecified atom stereocenters. The number of fused-ring (bicyclic) bond motifs is 1. The number of pyridine rings is 1. The van der Waals surface area contributed by atoms with E-state index in [0.717, 1.165) is 29.3 Å². The molecule has 0 bridgehead atoms. The van der Waals surface area contributed by atoms with E-state index >= 15 is 0 Å². The summed E-state index contributed by atoms with van der Waals surface area (Å²) in [5.74, 6) is 0. The van der Waals surface area contributed by atoms with Crippen LogP contribution in [0.15, 0.2) is 47.2 Å². The minimum Gasteiger partial charge on any atom is -0.263 e. The minimum absolute atomic E-state index is 0.313. The van der Waals surface area contributed by atoms with Crippen molar-refractivity contribution < 1.29 is 0 Å². The van der Waals surface area contributed by atoms with Crippen molar-refractivity contribution in [3.05, 3.63) is 63.9 Å². The molecule has 1 aliphatic carbocycles. The zero-order valence-electron chi connectivity index (χ0n) is 10.4. The van der Waals surface area contributed by atoms with Crippen LogP contribution in [0.3, 0.4) is 0 Å². The number of halogens is 1. The van der Waals surface area contributed by atoms with Gasteiger partial charge in [-0.05, 0) is 57.9 Å². The molecule has 3 heteroatoms. The smallest absolute Gasteiger partial charge is 0.0700 e. The van der Waals surface area contributed by atoms with Crippen LogP contribution in [-0.4, -0.2) is 4.98 Å². The van der Waals surface area contributed by atoms with Crippen LogP contribution in [0.4, 0.5) is 0 Å². The lowest BCUT2D eigenvalue weighted by Crippen LogP contribution is -2.22. The molecule has 0 radical (unpaired) electrons. The Bertz CT molecular complexity index is 633. The molecular formula is C16H13BrN2. The fraction of sp³-hybridized carbons (Fsp3) is 0.250. The summed E-state index contributed by atoms with van der Waals surface area (Å²) < 4.78 is 0.966. The molecule has 19 heavy (non-hydrogen) atoms. The third kappa shape index (κ3) is 2.41. The van der Waals surface area contributed by atoms with Gasteiger partial charge in [0.2, 0.25) is 0 Å². The molecule has 0 N–H and O–H groups in total. The van der Waals surface area contributed by atoms with Crippen molar-refractivity contribution in [1.29, 1.82) is 5.26 Å². The molecule has 0 spiro atoms. The summed E-state index contributed by atoms with van der Waals surface area (Å²) in [6, 6.07) is 13.0. The molecule has 0 fully saturated rings. The van der Waals surface area contributed by atoms with Crippen molar-refractivity contribution in [2.24, 2.45) is 5.41 Å². The van der Waals surface area contributed by atoms with E-state index in [-0.39, 0.29) is 5.41 Å². The van der Waals surface area contributed by atoms with Crippen LogP contribution in [-0.2, 0) is 19.3 Å². The van der Waals surface area contributed by atoms with Gasteiger partial charge in [-0.2, -0.15) is 5.26 Å². The van der Waals surface area contributed by atoms with E-state index in [1.54, 1.807) is 6.20 Å². The van der Waals surface area contributed by atoms with Gasteiger partial charge in [0.15, 0.2) is 0 Å². The largest absolute Gasteiger partial charge is 0.263 e. The summed E-state index contributed by atoms with van der Waals surface area (Å²) in [6.45, 7) is 0. The highest BCUT2D eigenvalue weighted by molar-refractivity contribution is 9.10. The van der Waals surface area contributed by atoms with Crippen molar-refractivity contribution in [2.45, 2.75) is 19.3 Å². The Morgan fingerprint density at radius 1 is 1.21 bits per heavy atom. The average molecular weight is 313 g/mol. The molecule has 3 rings (SSSR count). The summed E-state index contributed by atoms with van der Waals surface area (Å²) in [7, 11) is 0. The third-order valence-corrected chi connectivity index (χ3v) is 4.15. The van der Waals surface area contributed by atoms with E-state index in [1.807, 2.05) is 18.3 Å². The lowest BCUT2D eigenvalue weighted by atomic mass is 9.81. The SMILES string of the molecule is N#CC1(Cc2cncc(Br)c2)Cc2ccccc2C1. The first-order valence-corrected chi connectivity index (χ1v) is 7.08. The molecule has 0 amide bonds. The Labute approximate surface area is 121 Å². The van der Waals surface area contributed by atoms with Gasteiger partial charge in [-0.1, -0.05) is 24.3 Å². The van der Waals surface area contributed by atoms with Gasteiger partial charge in [0.25, 0.3) is 0 Å². The van der Waals surface area contributed by atoms with Crippen LogP contribution in [0.25, 0.3) is 0 Å². The van der Waals surface area contributed by atoms with Crippen LogP contribution >= 0.6 is 15.9 Å². The lowest BCUT2D eigenvalue weighted by molar-refractivity contribution is 0.417. The number of rotatable bonds is 2. The zero-order chi connectivity index (χ0) is 13.3. The van der Waals surface area contributed by atoms with Gasteiger partial charge in [-0.25, -0.2) is 0 Å². The van der Waals surface area contributed by atoms with Gasteiger partial charge < -0.3 is 0 Å². The van der Waals surface area contributed by atoms with E-state index in [0.29, 0.717) is 0 Å². The summed E-state index contributed by atoms with van der Waals surface area (Å²) in [5, 5.41) is 9.64. The number of benzene rings is 1. The van der Waals surface area contributed by atoms with Gasteiger partial charge in [-0.3, -0.25) is 4.98 Å². The van der Waals surface area contributed by atoms with Crippen molar-refractivity contribution >= 4 is 15.9 Å². The Morgan fingerprint density at radius 3 is 2.47 bits per heavy atom. The number of nitrogens with zero attached hydrogens (tertiary/aromatic N) is 2. The van der Waals surface area contributed by atoms with Gasteiger partial charge in [0, 0.05) is 16.9 Å². The molecule has 0 aliphatic heterocycles. The Morgan fingerprint density at radius 2 is 1.89 bits per heavy atom. The molecule has 1 heterocycles. The molecule has 94 valence electrons. The third-order valence-electron chi connectivity index (χ3n) is 3.72. The summed E-state index contributed by atoms with van der Waals surface area (Å²) >= 11 is 3.43. The average Bonchev–Trinajstić information content (AvgIpc) is 2.77. The van der Waals surface area contributed by atoms with Crippen molar-refractivity contribution in [3.8, 4) is 6.07 Å². The van der Waals surface area contributed by atoms with Gasteiger partial charge >= 0.3 is 0 Å². The molecule has 0 atom stereocenters. The van der Waals surface area contributed by atoms with Crippen molar-refractivity contribution in [1.82, 2.24) is 4.98 Å². The van der Waals surface area contributed by atoms with Crippen LogP contribution in [0, 0.1) is 16.7 Å². The van der Waals surface area contributed by atoms with E-state index in [1.165, 1.54) is 11.1 Å². The number of aromatic nitrogens is 1. The first kappa shape index (κ1) is 12.4. The number of hydrogen-bond acceptors (Lipinski definition) is 2. The van der Waals surface area contributed by atoms with Crippen molar-refractivity contribution in [2.75, 3.05) is 0 Å². The Hall–Kier alpha value is -1.66. The lowest BCUT2D eigenvalue weighted by Gasteiger charge is -2.20. The Kier molecular flexibility index (Phi) is 3.12. The monoisotopic (exact) mass is 312 g/mol. The highest BCUT2D eigenvalue weighted by Crippen LogP contribution is 2.39. The van der Waals surface area contributed by atoms with Gasteiger partial charge in [0.05, 0.1) is 11.5 Å². The second-order valence-corrected chi connectivity index (χ2v) is 6.12. The van der Waals surface area contributed by atoms with E-state index in [4.69, 9.17) is 0 Å². The van der Waals surface area contributed by atoms with Crippen LogP contribution in [0.2, 0.25) is 0 Å². The number of nitriles is 1. The maximum absolute atomic E-state index is 9.64. The quantitative estimate of drug-likeness (QED) is 0.848. The Balaban J connectivity index is 1.90. The molecule has 1 aromatic carbocycles. The molecule has 2 aromatic rings. The molecule has 0 saturated heterocycles. The van der Waals surface area contributed by atoms with Crippen LogP contribution in [0.1, 0.15) is 16.7 Å². The van der Waals surface area contributed by atoms with Crippen LogP contribution < -0.4 is 0 Å². The molecule has 0 saturated carbocycles. The molecular weight excluding hydrogens is 300 g/mol. The van der Waals surface area contributed by atoms with Gasteiger partial charge in [-0.15, -0.1) is 0 Å². The maximum Gasteiger partial charge on any atom is 0.0700 e. The first-order chi connectivity index (χ1) is 9.21. The van der Waals surface area contributed by atoms with E-state index in [9.17, 15) is 5.26 Å². The number of hydrogen-bond donors (Lipinski definition) is 0. The summed E-state index contributed by atoms with van der Waals surface area (Å²) in [5.41, 5.74) is 3.43. The minimum atomic E-state index is -0.313. The molecule has 1 aliphatic rings. The summed E-state index contributed by atoms with van der Waals surface area (Å²) in [6.07, 6.45) is 6.06.